The van der Waals surface area contributed by atoms with Crippen molar-refractivity contribution in [1.82, 2.24) is 0 Å². The van der Waals surface area contributed by atoms with Crippen molar-refractivity contribution in [2.24, 2.45) is 0 Å². The van der Waals surface area contributed by atoms with E-state index in [1.165, 1.54) is 54.4 Å². The van der Waals surface area contributed by atoms with Crippen LogP contribution in [0.5, 0.6) is 0 Å². The molecule has 25 heavy (non-hydrogen) atoms. The molecule has 0 N–H and O–H groups in total. The molecule has 0 amide bonds. The third-order valence-electron chi connectivity index (χ3n) is 5.53. The highest BCUT2D eigenvalue weighted by Crippen LogP contribution is 2.32. The van der Waals surface area contributed by atoms with Crippen LogP contribution in [0.25, 0.3) is 11.1 Å². The van der Waals surface area contributed by atoms with Gasteiger partial charge in [0.2, 0.25) is 0 Å². The molecule has 3 aromatic rings. The quantitative estimate of drug-likeness (QED) is 0.484. The van der Waals surface area contributed by atoms with E-state index in [2.05, 4.69) is 78.9 Å². The first kappa shape index (κ1) is 16.1. The van der Waals surface area contributed by atoms with Gasteiger partial charge in [-0.3, -0.25) is 0 Å². The van der Waals surface area contributed by atoms with Gasteiger partial charge in [0.25, 0.3) is 0 Å². The average Bonchev–Trinajstić information content (AvgIpc) is 2.71. The first-order valence-electron chi connectivity index (χ1n) is 9.62. The first-order valence-corrected chi connectivity index (χ1v) is 9.62. The zero-order chi connectivity index (χ0) is 16.9. The van der Waals surface area contributed by atoms with Gasteiger partial charge < -0.3 is 0 Å². The van der Waals surface area contributed by atoms with Crippen LogP contribution in [0, 0.1) is 0 Å². The highest BCUT2D eigenvalue weighted by molar-refractivity contribution is 5.63. The minimum atomic E-state index is 0.799. The summed E-state index contributed by atoms with van der Waals surface area (Å²) in [7, 11) is 0. The summed E-state index contributed by atoms with van der Waals surface area (Å²) in [4.78, 5) is 0. The Morgan fingerprint density at radius 3 is 1.76 bits per heavy atom. The van der Waals surface area contributed by atoms with Crippen LogP contribution >= 0.6 is 0 Å². The molecule has 1 fully saturated rings. The summed E-state index contributed by atoms with van der Waals surface area (Å²) in [6.07, 6.45) is 7.99. The SMILES string of the molecule is c1ccc(-c2ccc(Cc3ccc(C4CCCCC4)cc3)cc2)cc1. The summed E-state index contributed by atoms with van der Waals surface area (Å²) >= 11 is 0. The molecular formula is C25H26. The summed E-state index contributed by atoms with van der Waals surface area (Å²) in [5, 5.41) is 0. The van der Waals surface area contributed by atoms with Gasteiger partial charge in [0.15, 0.2) is 0 Å². The van der Waals surface area contributed by atoms with Gasteiger partial charge in [-0.25, -0.2) is 0 Å². The van der Waals surface area contributed by atoms with E-state index in [1.54, 1.807) is 5.56 Å². The Bertz CT molecular complexity index is 776. The molecule has 0 nitrogen and oxygen atoms in total. The van der Waals surface area contributed by atoms with Crippen molar-refractivity contribution < 1.29 is 0 Å². The second kappa shape index (κ2) is 7.70. The van der Waals surface area contributed by atoms with Gasteiger partial charge in [-0.2, -0.15) is 0 Å². The minimum Gasteiger partial charge on any atom is -0.0622 e. The molecule has 0 aromatic heterocycles. The van der Waals surface area contributed by atoms with Crippen molar-refractivity contribution in [3.8, 4) is 11.1 Å². The Morgan fingerprint density at radius 1 is 0.560 bits per heavy atom. The van der Waals surface area contributed by atoms with Gasteiger partial charge >= 0.3 is 0 Å². The van der Waals surface area contributed by atoms with Gasteiger partial charge in [-0.15, -0.1) is 0 Å². The van der Waals surface area contributed by atoms with Crippen molar-refractivity contribution in [1.29, 1.82) is 0 Å². The van der Waals surface area contributed by atoms with Gasteiger partial charge in [-0.05, 0) is 53.0 Å². The van der Waals surface area contributed by atoms with Crippen LogP contribution in [0.4, 0.5) is 0 Å². The zero-order valence-corrected chi connectivity index (χ0v) is 14.8. The van der Waals surface area contributed by atoms with Crippen LogP contribution in [0.15, 0.2) is 78.9 Å². The summed E-state index contributed by atoms with van der Waals surface area (Å²) < 4.78 is 0. The van der Waals surface area contributed by atoms with E-state index < -0.39 is 0 Å². The van der Waals surface area contributed by atoms with Gasteiger partial charge in [0, 0.05) is 0 Å². The van der Waals surface area contributed by atoms with Crippen LogP contribution in [0.2, 0.25) is 0 Å². The van der Waals surface area contributed by atoms with Crippen molar-refractivity contribution >= 4 is 0 Å². The van der Waals surface area contributed by atoms with E-state index >= 15 is 0 Å². The van der Waals surface area contributed by atoms with E-state index in [4.69, 9.17) is 0 Å². The third-order valence-corrected chi connectivity index (χ3v) is 5.53. The molecule has 0 spiro atoms. The number of benzene rings is 3. The predicted molar refractivity (Wildman–Crippen MR) is 107 cm³/mol. The molecule has 1 saturated carbocycles. The fraction of sp³-hybridized carbons (Fsp3) is 0.280. The molecule has 0 heterocycles. The molecular weight excluding hydrogens is 300 g/mol. The number of hydrogen-bond acceptors (Lipinski definition) is 0. The first-order chi connectivity index (χ1) is 12.4. The monoisotopic (exact) mass is 326 g/mol. The second-order valence-electron chi connectivity index (χ2n) is 7.32. The van der Waals surface area contributed by atoms with Gasteiger partial charge in [0.1, 0.15) is 0 Å². The predicted octanol–water partition coefficient (Wildman–Crippen LogP) is 6.99. The molecule has 0 bridgehead atoms. The second-order valence-corrected chi connectivity index (χ2v) is 7.32. The highest BCUT2D eigenvalue weighted by Gasteiger charge is 2.15. The van der Waals surface area contributed by atoms with Crippen molar-refractivity contribution in [2.45, 2.75) is 44.4 Å². The Kier molecular flexibility index (Phi) is 4.97. The van der Waals surface area contributed by atoms with E-state index in [0.29, 0.717) is 0 Å². The fourth-order valence-electron chi connectivity index (χ4n) is 4.02. The molecule has 0 radical (unpaired) electrons. The molecule has 0 atom stereocenters. The maximum atomic E-state index is 2.36. The largest absolute Gasteiger partial charge is 0.0622 e. The maximum absolute atomic E-state index is 2.36. The van der Waals surface area contributed by atoms with Crippen LogP contribution in [0.3, 0.4) is 0 Å². The van der Waals surface area contributed by atoms with Crippen LogP contribution in [-0.2, 0) is 6.42 Å². The topological polar surface area (TPSA) is 0 Å². The lowest BCUT2D eigenvalue weighted by molar-refractivity contribution is 0.443. The molecule has 0 saturated heterocycles. The Morgan fingerprint density at radius 2 is 1.12 bits per heavy atom. The number of hydrogen-bond donors (Lipinski definition) is 0. The van der Waals surface area contributed by atoms with Crippen LogP contribution < -0.4 is 0 Å². The van der Waals surface area contributed by atoms with Gasteiger partial charge in [-0.1, -0.05) is 98.1 Å². The molecule has 3 aromatic carbocycles. The van der Waals surface area contributed by atoms with E-state index in [1.807, 2.05) is 0 Å². The minimum absolute atomic E-state index is 0.799. The summed E-state index contributed by atoms with van der Waals surface area (Å²) in [5.41, 5.74) is 6.91. The Labute approximate surface area is 151 Å². The smallest absolute Gasteiger partial charge is 0.00258 e. The summed E-state index contributed by atoms with van der Waals surface area (Å²) in [6.45, 7) is 0. The molecule has 0 heteroatoms. The molecule has 1 aliphatic rings. The van der Waals surface area contributed by atoms with E-state index in [0.717, 1.165) is 12.3 Å². The van der Waals surface area contributed by atoms with Crippen molar-refractivity contribution in [2.75, 3.05) is 0 Å². The molecule has 4 rings (SSSR count). The van der Waals surface area contributed by atoms with E-state index in [-0.39, 0.29) is 0 Å². The third kappa shape index (κ3) is 4.02. The molecule has 1 aliphatic carbocycles. The van der Waals surface area contributed by atoms with Gasteiger partial charge in [0.05, 0.1) is 0 Å². The maximum Gasteiger partial charge on any atom is -0.00258 e. The van der Waals surface area contributed by atoms with Crippen molar-refractivity contribution in [3.05, 3.63) is 95.6 Å². The number of rotatable bonds is 4. The van der Waals surface area contributed by atoms with Crippen LogP contribution in [0.1, 0.15) is 54.7 Å². The lowest BCUT2D eigenvalue weighted by Crippen LogP contribution is -2.04. The average molecular weight is 326 g/mol. The molecule has 126 valence electrons. The lowest BCUT2D eigenvalue weighted by atomic mass is 9.84. The van der Waals surface area contributed by atoms with Crippen molar-refractivity contribution in [3.63, 3.8) is 0 Å². The Balaban J connectivity index is 1.43. The Hall–Kier alpha value is -2.34. The lowest BCUT2D eigenvalue weighted by Gasteiger charge is -2.22. The molecule has 0 unspecified atom stereocenters. The van der Waals surface area contributed by atoms with Crippen LogP contribution in [-0.4, -0.2) is 0 Å². The zero-order valence-electron chi connectivity index (χ0n) is 14.8. The summed E-state index contributed by atoms with van der Waals surface area (Å²) in [6, 6.07) is 29.0. The normalized spacial score (nSPS) is 15.2. The molecule has 0 aliphatic heterocycles. The highest BCUT2D eigenvalue weighted by atomic mass is 14.2. The fourth-order valence-corrected chi connectivity index (χ4v) is 4.02. The summed E-state index contributed by atoms with van der Waals surface area (Å²) in [5.74, 6) is 0.799. The van der Waals surface area contributed by atoms with E-state index in [9.17, 15) is 0 Å². The standard InChI is InChI=1S/C25H26/c1-3-7-22(8-4-1)24-15-11-20(12-16-24)19-21-13-17-25(18-14-21)23-9-5-2-6-10-23/h1,3-4,7-8,11-18,23H,2,5-6,9-10,19H2.